The maximum Gasteiger partial charge on any atom is 0.225 e. The van der Waals surface area contributed by atoms with Crippen LogP contribution in [0.5, 0.6) is 0 Å². The summed E-state index contributed by atoms with van der Waals surface area (Å²) in [5.41, 5.74) is 2.54. The fourth-order valence-corrected chi connectivity index (χ4v) is 3.99. The molecular formula is C19H15ClN2OS. The van der Waals surface area contributed by atoms with Gasteiger partial charge >= 0.3 is 0 Å². The Hall–Kier alpha value is -2.22. The van der Waals surface area contributed by atoms with E-state index in [0.717, 1.165) is 11.1 Å². The molecule has 0 aromatic heterocycles. The highest BCUT2D eigenvalue weighted by Gasteiger charge is 2.30. The molecule has 120 valence electrons. The Morgan fingerprint density at radius 3 is 2.58 bits per heavy atom. The zero-order valence-electron chi connectivity index (χ0n) is 12.8. The fraction of sp³-hybridized carbons (Fsp3) is 0.158. The van der Waals surface area contributed by atoms with Crippen molar-refractivity contribution >= 4 is 29.3 Å². The molecule has 0 saturated heterocycles. The molecule has 0 aliphatic carbocycles. The summed E-state index contributed by atoms with van der Waals surface area (Å²) < 4.78 is 0. The van der Waals surface area contributed by atoms with E-state index in [1.165, 1.54) is 11.8 Å². The maximum absolute atomic E-state index is 12.1. The Morgan fingerprint density at radius 2 is 1.88 bits per heavy atom. The van der Waals surface area contributed by atoms with Crippen LogP contribution in [-0.2, 0) is 10.5 Å². The van der Waals surface area contributed by atoms with E-state index in [4.69, 9.17) is 11.6 Å². The van der Waals surface area contributed by atoms with Gasteiger partial charge in [-0.15, -0.1) is 11.8 Å². The van der Waals surface area contributed by atoms with E-state index in [1.54, 1.807) is 6.07 Å². The minimum Gasteiger partial charge on any atom is -0.320 e. The van der Waals surface area contributed by atoms with E-state index in [1.807, 2.05) is 48.5 Å². The third kappa shape index (κ3) is 3.64. The number of rotatable bonds is 4. The molecular weight excluding hydrogens is 340 g/mol. The molecule has 1 N–H and O–H groups in total. The SMILES string of the molecule is N#CC1=C(SCc2ccccc2)NC(=O)C[C@H]1c1ccccc1Cl. The van der Waals surface area contributed by atoms with E-state index < -0.39 is 0 Å². The molecule has 0 unspecified atom stereocenters. The monoisotopic (exact) mass is 354 g/mol. The van der Waals surface area contributed by atoms with Crippen LogP contribution < -0.4 is 5.32 Å². The number of carbonyl (C=O) groups is 1. The lowest BCUT2D eigenvalue weighted by molar-refractivity contribution is -0.120. The summed E-state index contributed by atoms with van der Waals surface area (Å²) in [6.07, 6.45) is 0.238. The summed E-state index contributed by atoms with van der Waals surface area (Å²) in [5, 5.41) is 13.7. The highest BCUT2D eigenvalue weighted by molar-refractivity contribution is 8.02. The number of hydrogen-bond donors (Lipinski definition) is 1. The first-order valence-electron chi connectivity index (χ1n) is 7.54. The van der Waals surface area contributed by atoms with Crippen molar-refractivity contribution in [2.24, 2.45) is 0 Å². The molecule has 1 atom stereocenters. The molecule has 2 aromatic rings. The van der Waals surface area contributed by atoms with Gasteiger partial charge in [0.1, 0.15) is 0 Å². The first kappa shape index (κ1) is 16.6. The second-order valence-electron chi connectivity index (χ2n) is 5.46. The van der Waals surface area contributed by atoms with Crippen molar-refractivity contribution in [2.45, 2.75) is 18.1 Å². The zero-order chi connectivity index (χ0) is 16.9. The third-order valence-electron chi connectivity index (χ3n) is 3.86. The molecule has 3 nitrogen and oxygen atoms in total. The number of thioether (sulfide) groups is 1. The van der Waals surface area contributed by atoms with Gasteiger partial charge in [0, 0.05) is 23.1 Å². The molecule has 24 heavy (non-hydrogen) atoms. The van der Waals surface area contributed by atoms with E-state index in [-0.39, 0.29) is 18.2 Å². The van der Waals surface area contributed by atoms with E-state index >= 15 is 0 Å². The number of nitriles is 1. The Morgan fingerprint density at radius 1 is 1.17 bits per heavy atom. The van der Waals surface area contributed by atoms with Crippen molar-refractivity contribution in [3.63, 3.8) is 0 Å². The van der Waals surface area contributed by atoms with Crippen LogP contribution in [0.1, 0.15) is 23.5 Å². The van der Waals surface area contributed by atoms with Gasteiger partial charge in [-0.3, -0.25) is 4.79 Å². The molecule has 0 radical (unpaired) electrons. The molecule has 0 fully saturated rings. The summed E-state index contributed by atoms with van der Waals surface area (Å²) in [7, 11) is 0. The fourth-order valence-electron chi connectivity index (χ4n) is 2.69. The molecule has 1 aliphatic heterocycles. The van der Waals surface area contributed by atoms with Gasteiger partial charge in [-0.05, 0) is 17.2 Å². The Labute approximate surface area is 150 Å². The quantitative estimate of drug-likeness (QED) is 0.872. The number of benzene rings is 2. The second kappa shape index (κ2) is 7.57. The van der Waals surface area contributed by atoms with Gasteiger partial charge in [-0.1, -0.05) is 60.1 Å². The molecule has 5 heteroatoms. The number of amides is 1. The van der Waals surface area contributed by atoms with Crippen LogP contribution in [0.25, 0.3) is 0 Å². The summed E-state index contributed by atoms with van der Waals surface area (Å²) in [4.78, 5) is 12.1. The van der Waals surface area contributed by atoms with Gasteiger partial charge in [0.15, 0.2) is 0 Å². The predicted octanol–water partition coefficient (Wildman–Crippen LogP) is 4.61. The average Bonchev–Trinajstić information content (AvgIpc) is 2.61. The van der Waals surface area contributed by atoms with Crippen molar-refractivity contribution in [1.29, 1.82) is 5.26 Å². The van der Waals surface area contributed by atoms with Crippen molar-refractivity contribution in [3.8, 4) is 6.07 Å². The highest BCUT2D eigenvalue weighted by Crippen LogP contribution is 2.39. The normalized spacial score (nSPS) is 17.3. The van der Waals surface area contributed by atoms with Gasteiger partial charge in [-0.25, -0.2) is 0 Å². The van der Waals surface area contributed by atoms with Crippen molar-refractivity contribution in [2.75, 3.05) is 0 Å². The lowest BCUT2D eigenvalue weighted by Gasteiger charge is -2.25. The zero-order valence-corrected chi connectivity index (χ0v) is 14.4. The van der Waals surface area contributed by atoms with Crippen LogP contribution >= 0.6 is 23.4 Å². The maximum atomic E-state index is 12.1. The number of allylic oxidation sites excluding steroid dienone is 1. The van der Waals surface area contributed by atoms with Crippen molar-refractivity contribution < 1.29 is 4.79 Å². The van der Waals surface area contributed by atoms with Crippen LogP contribution in [0.3, 0.4) is 0 Å². The largest absolute Gasteiger partial charge is 0.320 e. The van der Waals surface area contributed by atoms with Crippen LogP contribution in [0.4, 0.5) is 0 Å². The molecule has 1 amide bonds. The number of carbonyl (C=O) groups excluding carboxylic acids is 1. The molecule has 2 aromatic carbocycles. The summed E-state index contributed by atoms with van der Waals surface area (Å²) in [5.74, 6) is 0.307. The second-order valence-corrected chi connectivity index (χ2v) is 6.85. The Kier molecular flexibility index (Phi) is 5.24. The van der Waals surface area contributed by atoms with E-state index in [2.05, 4.69) is 11.4 Å². The standard InChI is InChI=1S/C19H15ClN2OS/c20-17-9-5-4-8-14(17)15-10-18(23)22-19(16(15)11-21)24-12-13-6-2-1-3-7-13/h1-9,15H,10,12H2,(H,22,23)/t15-/m0/s1. The predicted molar refractivity (Wildman–Crippen MR) is 97.3 cm³/mol. The molecule has 3 rings (SSSR count). The first-order valence-corrected chi connectivity index (χ1v) is 8.90. The molecule has 0 bridgehead atoms. The molecule has 0 spiro atoms. The van der Waals surface area contributed by atoms with Crippen LogP contribution in [0, 0.1) is 11.3 Å². The number of nitrogens with zero attached hydrogens (tertiary/aromatic N) is 1. The minimum atomic E-state index is -0.296. The molecule has 1 aliphatic rings. The van der Waals surface area contributed by atoms with Crippen molar-refractivity contribution in [3.05, 3.63) is 81.3 Å². The smallest absolute Gasteiger partial charge is 0.225 e. The average molecular weight is 355 g/mol. The van der Waals surface area contributed by atoms with Gasteiger partial charge in [-0.2, -0.15) is 5.26 Å². The summed E-state index contributed by atoms with van der Waals surface area (Å²) in [6, 6.07) is 19.6. The lowest BCUT2D eigenvalue weighted by atomic mass is 9.87. The first-order chi connectivity index (χ1) is 11.7. The molecule has 0 saturated carbocycles. The molecule has 1 heterocycles. The minimum absolute atomic E-state index is 0.0884. The van der Waals surface area contributed by atoms with Crippen molar-refractivity contribution in [1.82, 2.24) is 5.32 Å². The lowest BCUT2D eigenvalue weighted by Crippen LogP contribution is -2.30. The highest BCUT2D eigenvalue weighted by atomic mass is 35.5. The van der Waals surface area contributed by atoms with E-state index in [9.17, 15) is 10.1 Å². The third-order valence-corrected chi connectivity index (χ3v) is 5.30. The Bertz CT molecular complexity index is 827. The van der Waals surface area contributed by atoms with Gasteiger partial charge in [0.25, 0.3) is 0 Å². The van der Waals surface area contributed by atoms with Gasteiger partial charge in [0.2, 0.25) is 5.91 Å². The van der Waals surface area contributed by atoms with Crippen LogP contribution in [-0.4, -0.2) is 5.91 Å². The number of nitrogens with one attached hydrogen (secondary N) is 1. The number of hydrogen-bond acceptors (Lipinski definition) is 3. The van der Waals surface area contributed by atoms with Gasteiger partial charge in [0.05, 0.1) is 16.7 Å². The van der Waals surface area contributed by atoms with Crippen LogP contribution in [0.2, 0.25) is 5.02 Å². The van der Waals surface area contributed by atoms with E-state index in [0.29, 0.717) is 21.4 Å². The summed E-state index contributed by atoms with van der Waals surface area (Å²) in [6.45, 7) is 0. The number of halogens is 1. The van der Waals surface area contributed by atoms with Crippen LogP contribution in [0.15, 0.2) is 65.2 Å². The summed E-state index contributed by atoms with van der Waals surface area (Å²) >= 11 is 7.75. The Balaban J connectivity index is 1.91. The topological polar surface area (TPSA) is 52.9 Å². The van der Waals surface area contributed by atoms with Gasteiger partial charge < -0.3 is 5.32 Å².